The highest BCUT2D eigenvalue weighted by Gasteiger charge is 2.04. The molecule has 0 unspecified atom stereocenters. The number of aryl methyl sites for hydroxylation is 1. The molecule has 0 fully saturated rings. The van der Waals surface area contributed by atoms with Gasteiger partial charge in [-0.1, -0.05) is 0 Å². The maximum atomic E-state index is 5.54. The van der Waals surface area contributed by atoms with E-state index in [2.05, 4.69) is 15.3 Å². The van der Waals surface area contributed by atoms with Crippen LogP contribution in [0, 0.1) is 6.92 Å². The van der Waals surface area contributed by atoms with Crippen LogP contribution in [0.4, 0.5) is 5.95 Å². The van der Waals surface area contributed by atoms with Gasteiger partial charge in [0.25, 0.3) is 0 Å². The molecule has 5 nitrogen and oxygen atoms in total. The number of alkyl halides is 1. The first-order valence-electron chi connectivity index (χ1n) is 6.01. The number of nitrogens with zero attached hydrogens (tertiary/aromatic N) is 2. The molecule has 1 heterocycles. The topological polar surface area (TPSA) is 56.3 Å². The van der Waals surface area contributed by atoms with Crippen molar-refractivity contribution in [3.05, 3.63) is 11.8 Å². The first-order valence-corrected chi connectivity index (χ1v) is 6.55. The molecule has 0 aliphatic heterocycles. The van der Waals surface area contributed by atoms with Crippen LogP contribution in [0.1, 0.15) is 19.5 Å². The molecule has 6 heteroatoms. The lowest BCUT2D eigenvalue weighted by Crippen LogP contribution is -2.14. The Labute approximate surface area is 113 Å². The van der Waals surface area contributed by atoms with Gasteiger partial charge in [-0.05, 0) is 20.8 Å². The molecular formula is C12H20ClN3O2. The minimum atomic E-state index is 0.0965. The third kappa shape index (κ3) is 6.02. The van der Waals surface area contributed by atoms with E-state index in [-0.39, 0.29) is 6.10 Å². The van der Waals surface area contributed by atoms with Gasteiger partial charge >= 0.3 is 0 Å². The maximum Gasteiger partial charge on any atom is 0.226 e. The highest BCUT2D eigenvalue weighted by molar-refractivity contribution is 6.17. The summed E-state index contributed by atoms with van der Waals surface area (Å²) in [6.45, 7) is 7.60. The summed E-state index contributed by atoms with van der Waals surface area (Å²) in [5, 5.41) is 3.09. The highest BCUT2D eigenvalue weighted by Crippen LogP contribution is 2.13. The van der Waals surface area contributed by atoms with E-state index in [1.165, 1.54) is 0 Å². The molecule has 1 N–H and O–H groups in total. The molecule has 0 aliphatic carbocycles. The van der Waals surface area contributed by atoms with Crippen molar-refractivity contribution in [1.29, 1.82) is 0 Å². The van der Waals surface area contributed by atoms with Crippen molar-refractivity contribution in [2.75, 3.05) is 31.0 Å². The lowest BCUT2D eigenvalue weighted by atomic mass is 10.4. The Hall–Kier alpha value is -1.07. The Morgan fingerprint density at radius 3 is 2.78 bits per heavy atom. The average molecular weight is 274 g/mol. The van der Waals surface area contributed by atoms with Gasteiger partial charge in [-0.25, -0.2) is 4.98 Å². The van der Waals surface area contributed by atoms with E-state index in [9.17, 15) is 0 Å². The first kappa shape index (κ1) is 15.0. The van der Waals surface area contributed by atoms with Crippen molar-refractivity contribution in [3.8, 4) is 5.88 Å². The molecule has 18 heavy (non-hydrogen) atoms. The number of halogens is 1. The molecule has 1 aromatic heterocycles. The normalized spacial score (nSPS) is 10.7. The standard InChI is InChI=1S/C12H20ClN3O2/c1-9(2)18-11-8-10(3)15-12(16-11)14-5-7-17-6-4-13/h8-9H,4-7H2,1-3H3,(H,14,15,16). The van der Waals surface area contributed by atoms with E-state index in [1.807, 2.05) is 26.8 Å². The van der Waals surface area contributed by atoms with Crippen LogP contribution in [-0.4, -0.2) is 41.7 Å². The molecule has 0 saturated heterocycles. The van der Waals surface area contributed by atoms with Gasteiger partial charge in [-0.3, -0.25) is 0 Å². The van der Waals surface area contributed by atoms with Crippen molar-refractivity contribution in [2.45, 2.75) is 26.9 Å². The molecule has 0 spiro atoms. The fourth-order valence-electron chi connectivity index (χ4n) is 1.31. The maximum absolute atomic E-state index is 5.54. The Morgan fingerprint density at radius 2 is 2.11 bits per heavy atom. The number of nitrogens with one attached hydrogen (secondary N) is 1. The number of anilines is 1. The van der Waals surface area contributed by atoms with Gasteiger partial charge in [0.05, 0.1) is 19.3 Å². The zero-order valence-corrected chi connectivity index (χ0v) is 11.8. The van der Waals surface area contributed by atoms with Crippen LogP contribution in [0.3, 0.4) is 0 Å². The summed E-state index contributed by atoms with van der Waals surface area (Å²) in [5.41, 5.74) is 0.866. The van der Waals surface area contributed by atoms with Crippen LogP contribution >= 0.6 is 11.6 Å². The van der Waals surface area contributed by atoms with Gasteiger partial charge < -0.3 is 14.8 Å². The molecule has 1 rings (SSSR count). The predicted octanol–water partition coefficient (Wildman–Crippen LogP) is 2.24. The smallest absolute Gasteiger partial charge is 0.226 e. The summed E-state index contributed by atoms with van der Waals surface area (Å²) < 4.78 is 10.8. The number of aromatic nitrogens is 2. The molecule has 102 valence electrons. The Kier molecular flexibility index (Phi) is 6.75. The van der Waals surface area contributed by atoms with Gasteiger partial charge in [0.2, 0.25) is 11.8 Å². The largest absolute Gasteiger partial charge is 0.475 e. The quantitative estimate of drug-likeness (QED) is 0.581. The van der Waals surface area contributed by atoms with Gasteiger partial charge in [-0.2, -0.15) is 4.98 Å². The van der Waals surface area contributed by atoms with Crippen molar-refractivity contribution < 1.29 is 9.47 Å². The molecule has 0 bridgehead atoms. The fraction of sp³-hybridized carbons (Fsp3) is 0.667. The Bertz CT molecular complexity index is 361. The van der Waals surface area contributed by atoms with Crippen LogP contribution in [-0.2, 0) is 4.74 Å². The van der Waals surface area contributed by atoms with Crippen LogP contribution < -0.4 is 10.1 Å². The minimum absolute atomic E-state index is 0.0965. The summed E-state index contributed by atoms with van der Waals surface area (Å²) in [4.78, 5) is 8.54. The second-order valence-corrected chi connectivity index (χ2v) is 4.44. The zero-order chi connectivity index (χ0) is 13.4. The van der Waals surface area contributed by atoms with E-state index in [0.717, 1.165) is 5.69 Å². The van der Waals surface area contributed by atoms with E-state index in [4.69, 9.17) is 21.1 Å². The van der Waals surface area contributed by atoms with E-state index in [0.29, 0.717) is 37.5 Å². The van der Waals surface area contributed by atoms with Crippen molar-refractivity contribution >= 4 is 17.5 Å². The third-order valence-corrected chi connectivity index (χ3v) is 2.09. The average Bonchev–Trinajstić information content (AvgIpc) is 2.27. The predicted molar refractivity (Wildman–Crippen MR) is 72.6 cm³/mol. The van der Waals surface area contributed by atoms with Crippen LogP contribution in [0.2, 0.25) is 0 Å². The minimum Gasteiger partial charge on any atom is -0.475 e. The lowest BCUT2D eigenvalue weighted by molar-refractivity contribution is 0.159. The monoisotopic (exact) mass is 273 g/mol. The molecule has 0 amide bonds. The van der Waals surface area contributed by atoms with Crippen LogP contribution in [0.25, 0.3) is 0 Å². The Balaban J connectivity index is 2.46. The van der Waals surface area contributed by atoms with Gasteiger partial charge in [0.15, 0.2) is 0 Å². The summed E-state index contributed by atoms with van der Waals surface area (Å²) in [6.07, 6.45) is 0.0965. The lowest BCUT2D eigenvalue weighted by Gasteiger charge is -2.11. The first-order chi connectivity index (χ1) is 8.61. The number of hydrogen-bond acceptors (Lipinski definition) is 5. The van der Waals surface area contributed by atoms with E-state index in [1.54, 1.807) is 0 Å². The van der Waals surface area contributed by atoms with Crippen molar-refractivity contribution in [3.63, 3.8) is 0 Å². The zero-order valence-electron chi connectivity index (χ0n) is 11.1. The third-order valence-electron chi connectivity index (χ3n) is 1.94. The van der Waals surface area contributed by atoms with Gasteiger partial charge in [-0.15, -0.1) is 11.6 Å². The summed E-state index contributed by atoms with van der Waals surface area (Å²) in [6, 6.07) is 1.81. The summed E-state index contributed by atoms with van der Waals surface area (Å²) in [5.74, 6) is 1.65. The van der Waals surface area contributed by atoms with Crippen LogP contribution in [0.5, 0.6) is 5.88 Å². The molecule has 1 aromatic rings. The molecule has 0 saturated carbocycles. The summed E-state index contributed by atoms with van der Waals surface area (Å²) >= 11 is 5.50. The van der Waals surface area contributed by atoms with Crippen molar-refractivity contribution in [2.24, 2.45) is 0 Å². The Morgan fingerprint density at radius 1 is 1.33 bits per heavy atom. The van der Waals surface area contributed by atoms with E-state index >= 15 is 0 Å². The molecule has 0 aliphatic rings. The van der Waals surface area contributed by atoms with Crippen molar-refractivity contribution in [1.82, 2.24) is 9.97 Å². The number of ether oxygens (including phenoxy) is 2. The molecule has 0 radical (unpaired) electrons. The SMILES string of the molecule is Cc1cc(OC(C)C)nc(NCCOCCCl)n1. The second-order valence-electron chi connectivity index (χ2n) is 4.07. The van der Waals surface area contributed by atoms with E-state index < -0.39 is 0 Å². The fourth-order valence-corrected chi connectivity index (χ4v) is 1.42. The number of rotatable bonds is 8. The summed E-state index contributed by atoms with van der Waals surface area (Å²) in [7, 11) is 0. The second kappa shape index (κ2) is 8.11. The molecule has 0 aromatic carbocycles. The van der Waals surface area contributed by atoms with Gasteiger partial charge in [0.1, 0.15) is 0 Å². The van der Waals surface area contributed by atoms with Gasteiger partial charge in [0, 0.05) is 24.2 Å². The van der Waals surface area contributed by atoms with Crippen LogP contribution in [0.15, 0.2) is 6.07 Å². The number of hydrogen-bond donors (Lipinski definition) is 1. The molecular weight excluding hydrogens is 254 g/mol. The highest BCUT2D eigenvalue weighted by atomic mass is 35.5. The molecule has 0 atom stereocenters.